The van der Waals surface area contributed by atoms with Gasteiger partial charge in [0.25, 0.3) is 0 Å². The van der Waals surface area contributed by atoms with Gasteiger partial charge in [0, 0.05) is 17.7 Å². The highest BCUT2D eigenvalue weighted by molar-refractivity contribution is 5.76. The molecule has 0 amide bonds. The van der Waals surface area contributed by atoms with Gasteiger partial charge in [-0.05, 0) is 26.2 Å². The number of aliphatic carboxylic acids is 1. The van der Waals surface area contributed by atoms with Crippen molar-refractivity contribution in [2.75, 3.05) is 5.32 Å². The normalized spacial score (nSPS) is 16.1. The Kier molecular flexibility index (Phi) is 4.35. The van der Waals surface area contributed by atoms with Crippen molar-refractivity contribution in [2.24, 2.45) is 0 Å². The second-order valence-corrected chi connectivity index (χ2v) is 5.20. The molecule has 1 aliphatic rings. The Bertz CT molecular complexity index is 458. The first-order chi connectivity index (χ1) is 9.10. The van der Waals surface area contributed by atoms with Gasteiger partial charge < -0.3 is 10.4 Å². The molecule has 1 fully saturated rings. The first-order valence-corrected chi connectivity index (χ1v) is 6.95. The highest BCUT2D eigenvalue weighted by Crippen LogP contribution is 2.38. The number of rotatable bonds is 7. The molecule has 0 spiro atoms. The summed E-state index contributed by atoms with van der Waals surface area (Å²) >= 11 is 0. The van der Waals surface area contributed by atoms with Gasteiger partial charge in [0.15, 0.2) is 0 Å². The van der Waals surface area contributed by atoms with Crippen LogP contribution in [-0.2, 0) is 4.79 Å². The third-order valence-corrected chi connectivity index (χ3v) is 3.28. The lowest BCUT2D eigenvalue weighted by Gasteiger charge is -2.15. The largest absolute Gasteiger partial charge is 0.480 e. The average Bonchev–Trinajstić information content (AvgIpc) is 3.17. The molecule has 1 aliphatic carbocycles. The summed E-state index contributed by atoms with van der Waals surface area (Å²) in [4.78, 5) is 20.1. The maximum absolute atomic E-state index is 11.2. The molecular weight excluding hydrogens is 242 g/mol. The number of hydrogen-bond donors (Lipinski definition) is 2. The number of nitrogens with zero attached hydrogens (tertiary/aromatic N) is 2. The van der Waals surface area contributed by atoms with Crippen molar-refractivity contribution in [3.05, 3.63) is 17.6 Å². The van der Waals surface area contributed by atoms with Gasteiger partial charge in [-0.3, -0.25) is 0 Å². The molecule has 0 saturated heterocycles. The van der Waals surface area contributed by atoms with Gasteiger partial charge in [0.2, 0.25) is 0 Å². The van der Waals surface area contributed by atoms with E-state index < -0.39 is 12.0 Å². The number of carboxylic acid groups (broad SMARTS) is 1. The molecule has 1 aromatic rings. The van der Waals surface area contributed by atoms with E-state index in [0.717, 1.165) is 37.2 Å². The Morgan fingerprint density at radius 2 is 2.26 bits per heavy atom. The fourth-order valence-corrected chi connectivity index (χ4v) is 2.03. The highest BCUT2D eigenvalue weighted by atomic mass is 16.4. The Balaban J connectivity index is 2.09. The molecule has 5 nitrogen and oxygen atoms in total. The molecule has 0 aromatic carbocycles. The monoisotopic (exact) mass is 263 g/mol. The Hall–Kier alpha value is -1.65. The van der Waals surface area contributed by atoms with Gasteiger partial charge >= 0.3 is 5.97 Å². The van der Waals surface area contributed by atoms with E-state index in [-0.39, 0.29) is 0 Å². The van der Waals surface area contributed by atoms with Crippen molar-refractivity contribution in [3.63, 3.8) is 0 Å². The topological polar surface area (TPSA) is 75.1 Å². The molecule has 1 unspecified atom stereocenters. The number of aromatic nitrogens is 2. The van der Waals surface area contributed by atoms with Crippen LogP contribution in [0.5, 0.6) is 0 Å². The van der Waals surface area contributed by atoms with Gasteiger partial charge in [-0.15, -0.1) is 0 Å². The zero-order valence-electron chi connectivity index (χ0n) is 11.5. The van der Waals surface area contributed by atoms with E-state index in [0.29, 0.717) is 18.2 Å². The van der Waals surface area contributed by atoms with E-state index in [2.05, 4.69) is 22.2 Å². The third kappa shape index (κ3) is 3.91. The Labute approximate surface area is 113 Å². The van der Waals surface area contributed by atoms with E-state index in [1.165, 1.54) is 0 Å². The van der Waals surface area contributed by atoms with Crippen LogP contribution < -0.4 is 5.32 Å². The Morgan fingerprint density at radius 1 is 1.53 bits per heavy atom. The van der Waals surface area contributed by atoms with E-state index in [9.17, 15) is 9.90 Å². The van der Waals surface area contributed by atoms with Crippen molar-refractivity contribution in [2.45, 2.75) is 57.9 Å². The molecule has 1 atom stereocenters. The van der Waals surface area contributed by atoms with Crippen molar-refractivity contribution in [1.29, 1.82) is 0 Å². The second kappa shape index (κ2) is 5.99. The van der Waals surface area contributed by atoms with Crippen molar-refractivity contribution in [1.82, 2.24) is 9.97 Å². The summed E-state index contributed by atoms with van der Waals surface area (Å²) < 4.78 is 0. The van der Waals surface area contributed by atoms with Gasteiger partial charge in [-0.25, -0.2) is 14.8 Å². The standard InChI is InChI=1S/C14H21N3O2/c1-3-4-5-11(14(18)19)16-12-8-9(2)15-13(17-12)10-6-7-10/h8,10-11H,3-7H2,1-2H3,(H,18,19)(H,15,16,17). The summed E-state index contributed by atoms with van der Waals surface area (Å²) in [5, 5.41) is 12.2. The van der Waals surface area contributed by atoms with Crippen LogP contribution >= 0.6 is 0 Å². The first-order valence-electron chi connectivity index (χ1n) is 6.95. The molecule has 1 aromatic heterocycles. The number of hydrogen-bond acceptors (Lipinski definition) is 4. The average molecular weight is 263 g/mol. The molecule has 1 heterocycles. The maximum Gasteiger partial charge on any atom is 0.326 e. The lowest BCUT2D eigenvalue weighted by atomic mass is 10.1. The van der Waals surface area contributed by atoms with Gasteiger partial charge in [0.1, 0.15) is 17.7 Å². The molecule has 0 radical (unpaired) electrons. The number of carbonyl (C=O) groups is 1. The minimum atomic E-state index is -0.822. The fraction of sp³-hybridized carbons (Fsp3) is 0.643. The van der Waals surface area contributed by atoms with E-state index in [1.807, 2.05) is 13.0 Å². The molecule has 2 N–H and O–H groups in total. The van der Waals surface area contributed by atoms with Crippen LogP contribution in [0, 0.1) is 6.92 Å². The van der Waals surface area contributed by atoms with Crippen LogP contribution in [-0.4, -0.2) is 27.1 Å². The number of carboxylic acids is 1. The summed E-state index contributed by atoms with van der Waals surface area (Å²) in [6.07, 6.45) is 4.78. The van der Waals surface area contributed by atoms with Crippen LogP contribution in [0.15, 0.2) is 6.07 Å². The molecule has 0 bridgehead atoms. The van der Waals surface area contributed by atoms with E-state index >= 15 is 0 Å². The van der Waals surface area contributed by atoms with Crippen molar-refractivity contribution < 1.29 is 9.90 Å². The zero-order chi connectivity index (χ0) is 13.8. The lowest BCUT2D eigenvalue weighted by Crippen LogP contribution is -2.29. The van der Waals surface area contributed by atoms with Crippen molar-refractivity contribution in [3.8, 4) is 0 Å². The number of aryl methyl sites for hydroxylation is 1. The SMILES string of the molecule is CCCCC(Nc1cc(C)nc(C2CC2)n1)C(=O)O. The van der Waals surface area contributed by atoms with Crippen molar-refractivity contribution >= 4 is 11.8 Å². The van der Waals surface area contributed by atoms with Gasteiger partial charge in [-0.1, -0.05) is 19.8 Å². The zero-order valence-corrected chi connectivity index (χ0v) is 11.5. The number of unbranched alkanes of at least 4 members (excludes halogenated alkanes) is 1. The molecule has 5 heteroatoms. The molecule has 0 aliphatic heterocycles. The lowest BCUT2D eigenvalue weighted by molar-refractivity contribution is -0.138. The molecule has 19 heavy (non-hydrogen) atoms. The molecule has 104 valence electrons. The Morgan fingerprint density at radius 3 is 2.84 bits per heavy atom. The number of nitrogens with one attached hydrogen (secondary N) is 1. The summed E-state index contributed by atoms with van der Waals surface area (Å²) in [7, 11) is 0. The van der Waals surface area contributed by atoms with Crippen LogP contribution in [0.3, 0.4) is 0 Å². The number of anilines is 1. The summed E-state index contributed by atoms with van der Waals surface area (Å²) in [6.45, 7) is 3.97. The summed E-state index contributed by atoms with van der Waals surface area (Å²) in [6, 6.07) is 1.25. The minimum Gasteiger partial charge on any atom is -0.480 e. The third-order valence-electron chi connectivity index (χ3n) is 3.28. The fourth-order valence-electron chi connectivity index (χ4n) is 2.03. The minimum absolute atomic E-state index is 0.472. The van der Waals surface area contributed by atoms with Crippen LogP contribution in [0.4, 0.5) is 5.82 Å². The van der Waals surface area contributed by atoms with Gasteiger partial charge in [-0.2, -0.15) is 0 Å². The van der Waals surface area contributed by atoms with Crippen LogP contribution in [0.2, 0.25) is 0 Å². The first kappa shape index (κ1) is 13.8. The van der Waals surface area contributed by atoms with Crippen LogP contribution in [0.1, 0.15) is 56.5 Å². The predicted octanol–water partition coefficient (Wildman–Crippen LogP) is 2.72. The highest BCUT2D eigenvalue weighted by Gasteiger charge is 2.27. The second-order valence-electron chi connectivity index (χ2n) is 5.20. The van der Waals surface area contributed by atoms with Gasteiger partial charge in [0.05, 0.1) is 0 Å². The van der Waals surface area contributed by atoms with E-state index in [4.69, 9.17) is 0 Å². The smallest absolute Gasteiger partial charge is 0.326 e. The quantitative estimate of drug-likeness (QED) is 0.791. The summed E-state index contributed by atoms with van der Waals surface area (Å²) in [5.74, 6) is 1.14. The van der Waals surface area contributed by atoms with Crippen LogP contribution in [0.25, 0.3) is 0 Å². The summed E-state index contributed by atoms with van der Waals surface area (Å²) in [5.41, 5.74) is 0.888. The molecule has 2 rings (SSSR count). The molecular formula is C14H21N3O2. The predicted molar refractivity (Wildman–Crippen MR) is 73.3 cm³/mol. The molecule has 1 saturated carbocycles. The van der Waals surface area contributed by atoms with E-state index in [1.54, 1.807) is 0 Å². The maximum atomic E-state index is 11.2.